The Morgan fingerprint density at radius 2 is 2.45 bits per heavy atom. The molecule has 0 unspecified atom stereocenters. The molecular weight excluding hydrogens is 182 g/mol. The largest absolute Gasteiger partial charge is 0.243 e. The molecule has 56 valence electrons. The predicted octanol–water partition coefficient (Wildman–Crippen LogP) is 2.40. The lowest BCUT2D eigenvalue weighted by atomic mass is 10.6. The summed E-state index contributed by atoms with van der Waals surface area (Å²) in [6.45, 7) is 6.67. The second-order valence-electron chi connectivity index (χ2n) is 1.64. The van der Waals surface area contributed by atoms with Gasteiger partial charge in [0.05, 0.1) is 6.57 Å². The van der Waals surface area contributed by atoms with Gasteiger partial charge in [-0.3, -0.25) is 0 Å². The number of aromatic nitrogens is 2. The zero-order valence-corrected chi connectivity index (χ0v) is 7.28. The summed E-state index contributed by atoms with van der Waals surface area (Å²) in [5, 5.41) is 0.807. The fraction of sp³-hybridized carbons (Fsp3) is 0.167. The van der Waals surface area contributed by atoms with Crippen molar-refractivity contribution in [3.8, 4) is 0 Å². The van der Waals surface area contributed by atoms with Gasteiger partial charge in [-0.15, -0.1) is 0 Å². The Hall–Kier alpha value is -0.790. The van der Waals surface area contributed by atoms with Crippen molar-refractivity contribution in [2.45, 2.75) is 5.16 Å². The van der Waals surface area contributed by atoms with E-state index in [2.05, 4.69) is 14.8 Å². The van der Waals surface area contributed by atoms with Crippen molar-refractivity contribution in [3.63, 3.8) is 0 Å². The summed E-state index contributed by atoms with van der Waals surface area (Å²) < 4.78 is 0. The fourth-order valence-corrected chi connectivity index (χ4v) is 1.07. The van der Waals surface area contributed by atoms with Gasteiger partial charge in [-0.25, -0.2) is 14.8 Å². The standard InChI is InChI=1S/C6H4ClN3S/c1-8-4-3-9-6(11-2)10-5(4)7/h3H,2H3. The molecule has 0 aromatic carbocycles. The number of nitrogens with zero attached hydrogens (tertiary/aromatic N) is 3. The molecule has 0 atom stereocenters. The second-order valence-corrected chi connectivity index (χ2v) is 2.78. The first-order valence-electron chi connectivity index (χ1n) is 2.72. The highest BCUT2D eigenvalue weighted by molar-refractivity contribution is 7.98. The first kappa shape index (κ1) is 8.31. The van der Waals surface area contributed by atoms with Crippen LogP contribution in [0.5, 0.6) is 0 Å². The Morgan fingerprint density at radius 3 is 2.91 bits per heavy atom. The third kappa shape index (κ3) is 1.82. The summed E-state index contributed by atoms with van der Waals surface area (Å²) in [5.74, 6) is 0. The van der Waals surface area contributed by atoms with E-state index in [0.717, 1.165) is 0 Å². The van der Waals surface area contributed by atoms with Crippen molar-refractivity contribution >= 4 is 29.1 Å². The molecule has 3 nitrogen and oxygen atoms in total. The Kier molecular flexibility index (Phi) is 2.69. The van der Waals surface area contributed by atoms with Crippen molar-refractivity contribution in [2.24, 2.45) is 0 Å². The van der Waals surface area contributed by atoms with Crippen LogP contribution in [0.2, 0.25) is 5.15 Å². The molecule has 0 aliphatic rings. The molecule has 0 aliphatic heterocycles. The van der Waals surface area contributed by atoms with E-state index in [-0.39, 0.29) is 5.15 Å². The molecular formula is C6H4ClN3S. The first-order valence-corrected chi connectivity index (χ1v) is 4.32. The highest BCUT2D eigenvalue weighted by Gasteiger charge is 2.02. The number of thioether (sulfide) groups is 1. The van der Waals surface area contributed by atoms with Crippen molar-refractivity contribution in [2.75, 3.05) is 6.26 Å². The van der Waals surface area contributed by atoms with E-state index in [9.17, 15) is 0 Å². The van der Waals surface area contributed by atoms with Gasteiger partial charge in [0, 0.05) is 6.20 Å². The minimum Gasteiger partial charge on any atom is -0.243 e. The Balaban J connectivity index is 3.12. The number of hydrogen-bond donors (Lipinski definition) is 0. The Morgan fingerprint density at radius 1 is 1.73 bits per heavy atom. The molecule has 0 saturated heterocycles. The molecule has 0 bridgehead atoms. The third-order valence-corrected chi connectivity index (χ3v) is 1.85. The van der Waals surface area contributed by atoms with Crippen molar-refractivity contribution in [1.29, 1.82) is 0 Å². The minimum absolute atomic E-state index is 0.222. The lowest BCUT2D eigenvalue weighted by Gasteiger charge is -1.95. The minimum atomic E-state index is 0.222. The monoisotopic (exact) mass is 185 g/mol. The van der Waals surface area contributed by atoms with E-state index in [1.54, 1.807) is 0 Å². The topological polar surface area (TPSA) is 30.1 Å². The van der Waals surface area contributed by atoms with Crippen LogP contribution in [0.4, 0.5) is 5.69 Å². The maximum Gasteiger partial charge on any atom is 0.241 e. The van der Waals surface area contributed by atoms with Crippen LogP contribution in [-0.4, -0.2) is 16.2 Å². The summed E-state index contributed by atoms with van der Waals surface area (Å²) in [7, 11) is 0. The average molecular weight is 186 g/mol. The predicted molar refractivity (Wildman–Crippen MR) is 45.1 cm³/mol. The molecule has 0 saturated carbocycles. The third-order valence-electron chi connectivity index (χ3n) is 1.01. The summed E-state index contributed by atoms with van der Waals surface area (Å²) >= 11 is 7.02. The molecule has 11 heavy (non-hydrogen) atoms. The molecule has 1 rings (SSSR count). The summed E-state index contributed by atoms with van der Waals surface area (Å²) in [4.78, 5) is 10.9. The second kappa shape index (κ2) is 3.56. The van der Waals surface area contributed by atoms with Crippen LogP contribution in [0.3, 0.4) is 0 Å². The van der Waals surface area contributed by atoms with Crippen LogP contribution in [0.15, 0.2) is 11.4 Å². The van der Waals surface area contributed by atoms with Crippen LogP contribution in [0.1, 0.15) is 0 Å². The van der Waals surface area contributed by atoms with Gasteiger partial charge in [0.25, 0.3) is 0 Å². The maximum absolute atomic E-state index is 6.67. The lowest BCUT2D eigenvalue weighted by molar-refractivity contribution is 0.977. The highest BCUT2D eigenvalue weighted by Crippen LogP contribution is 2.22. The summed E-state index contributed by atoms with van der Waals surface area (Å²) in [6.07, 6.45) is 3.28. The van der Waals surface area contributed by atoms with Crippen LogP contribution < -0.4 is 0 Å². The van der Waals surface area contributed by atoms with Crippen molar-refractivity contribution in [3.05, 3.63) is 22.8 Å². The van der Waals surface area contributed by atoms with E-state index in [1.807, 2.05) is 6.26 Å². The van der Waals surface area contributed by atoms with E-state index >= 15 is 0 Å². The van der Waals surface area contributed by atoms with Crippen LogP contribution in [0, 0.1) is 6.57 Å². The summed E-state index contributed by atoms with van der Waals surface area (Å²) in [6, 6.07) is 0. The van der Waals surface area contributed by atoms with Crippen molar-refractivity contribution in [1.82, 2.24) is 9.97 Å². The number of hydrogen-bond acceptors (Lipinski definition) is 3. The van der Waals surface area contributed by atoms with Crippen LogP contribution in [0.25, 0.3) is 4.85 Å². The van der Waals surface area contributed by atoms with Gasteiger partial charge in [-0.05, 0) is 6.26 Å². The Bertz CT molecular complexity index is 307. The van der Waals surface area contributed by atoms with Crippen LogP contribution in [-0.2, 0) is 0 Å². The molecule has 1 heterocycles. The van der Waals surface area contributed by atoms with Gasteiger partial charge < -0.3 is 0 Å². The maximum atomic E-state index is 6.67. The van der Waals surface area contributed by atoms with Gasteiger partial charge in [0.1, 0.15) is 5.15 Å². The van der Waals surface area contributed by atoms with E-state index in [1.165, 1.54) is 18.0 Å². The highest BCUT2D eigenvalue weighted by atomic mass is 35.5. The van der Waals surface area contributed by atoms with E-state index in [4.69, 9.17) is 18.2 Å². The Labute approximate surface area is 73.6 Å². The average Bonchev–Trinajstić information content (AvgIpc) is 2.04. The molecule has 0 fully saturated rings. The first-order chi connectivity index (χ1) is 5.27. The van der Waals surface area contributed by atoms with Crippen molar-refractivity contribution < 1.29 is 0 Å². The molecule has 0 aliphatic carbocycles. The smallest absolute Gasteiger partial charge is 0.241 e. The van der Waals surface area contributed by atoms with E-state index in [0.29, 0.717) is 10.8 Å². The molecule has 0 N–H and O–H groups in total. The van der Waals surface area contributed by atoms with Gasteiger partial charge in [0.2, 0.25) is 5.69 Å². The zero-order chi connectivity index (χ0) is 8.27. The molecule has 0 amide bonds. The van der Waals surface area contributed by atoms with Gasteiger partial charge >= 0.3 is 0 Å². The number of halogens is 1. The molecule has 0 radical (unpaired) electrons. The summed E-state index contributed by atoms with van der Waals surface area (Å²) in [5.41, 5.74) is 0.296. The van der Waals surface area contributed by atoms with Gasteiger partial charge in [-0.1, -0.05) is 23.4 Å². The van der Waals surface area contributed by atoms with Crippen LogP contribution >= 0.6 is 23.4 Å². The molecule has 0 spiro atoms. The zero-order valence-electron chi connectivity index (χ0n) is 5.71. The van der Waals surface area contributed by atoms with Gasteiger partial charge in [-0.2, -0.15) is 0 Å². The fourth-order valence-electron chi connectivity index (χ4n) is 0.513. The normalized spacial score (nSPS) is 9.18. The molecule has 1 aromatic heterocycles. The quantitative estimate of drug-likeness (QED) is 0.291. The lowest BCUT2D eigenvalue weighted by Crippen LogP contribution is -1.84. The number of rotatable bonds is 1. The van der Waals surface area contributed by atoms with E-state index < -0.39 is 0 Å². The molecule has 1 aromatic rings. The molecule has 5 heteroatoms. The van der Waals surface area contributed by atoms with Gasteiger partial charge in [0.15, 0.2) is 5.16 Å². The SMILES string of the molecule is [C-]#[N+]c1cnc(SC)nc1Cl.